The molecule has 5 atom stereocenters. The molecule has 2 aliphatic heterocycles. The van der Waals surface area contributed by atoms with Crippen molar-refractivity contribution in [2.75, 3.05) is 13.3 Å². The molecule has 82 valence electrons. The first-order chi connectivity index (χ1) is 6.34. The number of hydrogen-bond donors (Lipinski definition) is 0. The molecule has 0 unspecified atom stereocenters. The van der Waals surface area contributed by atoms with Crippen molar-refractivity contribution in [2.24, 2.45) is 0 Å². The predicted molar refractivity (Wildman–Crippen MR) is 43.0 cm³/mol. The molecule has 14 heavy (non-hydrogen) atoms. The van der Waals surface area contributed by atoms with Gasteiger partial charge in [-0.05, 0) is 0 Å². The molecule has 2 fully saturated rings. The van der Waals surface area contributed by atoms with E-state index in [9.17, 15) is 8.78 Å². The Morgan fingerprint density at radius 1 is 1.57 bits per heavy atom. The second kappa shape index (κ2) is 3.43. The number of hydrogen-bond acceptors (Lipinski definition) is 3. The number of ether oxygens (including phenoxy) is 1. The third-order valence-corrected chi connectivity index (χ3v) is 5.62. The van der Waals surface area contributed by atoms with E-state index in [1.807, 2.05) is 0 Å². The molecule has 3 nitrogen and oxygen atoms in total. The fraction of sp³-hybridized carbons (Fsp3) is 1.00. The summed E-state index contributed by atoms with van der Waals surface area (Å²) in [6.07, 6.45) is -3.27. The zero-order valence-corrected chi connectivity index (χ0v) is 11.6. The Bertz CT molecular complexity index is 303. The quantitative estimate of drug-likeness (QED) is 0.585. The number of alkyl halides is 2. The summed E-state index contributed by atoms with van der Waals surface area (Å²) >= 11 is 1.10. The van der Waals surface area contributed by atoms with E-state index >= 15 is 0 Å². The van der Waals surface area contributed by atoms with Crippen LogP contribution in [0, 0.1) is 0 Å². The second-order valence-corrected chi connectivity index (χ2v) is 12.8. The van der Waals surface area contributed by atoms with Gasteiger partial charge in [-0.1, -0.05) is 0 Å². The van der Waals surface area contributed by atoms with E-state index in [2.05, 4.69) is 0 Å². The Hall–Kier alpha value is 0.858. The Balaban J connectivity index is 2.25. The van der Waals surface area contributed by atoms with E-state index in [4.69, 9.17) is 13.8 Å². The van der Waals surface area contributed by atoms with Gasteiger partial charge in [-0.15, -0.1) is 0 Å². The Labute approximate surface area is 91.4 Å². The molecule has 0 aromatic rings. The molecule has 0 amide bonds. The molecule has 2 aliphatic rings. The molecule has 0 aromatic carbocycles. The van der Waals surface area contributed by atoms with E-state index in [-0.39, 0.29) is 6.61 Å². The summed E-state index contributed by atoms with van der Waals surface area (Å²) in [6.45, 7) is 3.07. The molecule has 0 aromatic heterocycles. The van der Waals surface area contributed by atoms with Gasteiger partial charge in [-0.2, -0.15) is 0 Å². The van der Waals surface area contributed by atoms with Crippen molar-refractivity contribution in [3.05, 3.63) is 0 Å². The van der Waals surface area contributed by atoms with Crippen LogP contribution in [0.1, 0.15) is 6.92 Å². The van der Waals surface area contributed by atoms with E-state index in [1.54, 1.807) is 6.66 Å². The number of fused-ring (bicyclic) bond motifs is 1. The Morgan fingerprint density at radius 2 is 2.21 bits per heavy atom. The molecule has 2 saturated heterocycles. The minimum atomic E-state index is -2.09. The first-order valence-corrected chi connectivity index (χ1v) is 10.2. The number of rotatable bonds is 0. The summed E-state index contributed by atoms with van der Waals surface area (Å²) in [5, 5.41) is -1.99. The van der Waals surface area contributed by atoms with Gasteiger partial charge in [0.15, 0.2) is 0 Å². The van der Waals surface area contributed by atoms with Crippen LogP contribution in [0.3, 0.4) is 0 Å². The molecule has 7 heteroatoms. The fourth-order valence-electron chi connectivity index (χ4n) is 1.62. The van der Waals surface area contributed by atoms with Gasteiger partial charge in [-0.3, -0.25) is 0 Å². The van der Waals surface area contributed by atoms with Crippen molar-refractivity contribution in [1.29, 1.82) is 0 Å². The molecule has 0 radical (unpaired) electrons. The van der Waals surface area contributed by atoms with Crippen LogP contribution in [0.25, 0.3) is 0 Å². The van der Waals surface area contributed by atoms with Gasteiger partial charge in [0.25, 0.3) is 0 Å². The molecule has 0 N–H and O–H groups in total. The first kappa shape index (κ1) is 11.3. The number of halogens is 2. The van der Waals surface area contributed by atoms with Gasteiger partial charge in [-0.25, -0.2) is 0 Å². The molecular weight excluding hydrogens is 385 g/mol. The zero-order valence-electron chi connectivity index (χ0n) is 7.78. The summed E-state index contributed by atoms with van der Waals surface area (Å²) in [5.74, 6) is -2.09. The summed E-state index contributed by atoms with van der Waals surface area (Å²) in [7, 11) is 0. The fourth-order valence-corrected chi connectivity index (χ4v) is 4.35. The summed E-state index contributed by atoms with van der Waals surface area (Å²) in [6, 6.07) is 0. The molecule has 0 saturated carbocycles. The first-order valence-electron chi connectivity index (χ1n) is 4.25. The maximum atomic E-state index is 13.9. The van der Waals surface area contributed by atoms with E-state index in [0.717, 1.165) is 18.8 Å². The predicted octanol–water partition coefficient (Wildman–Crippen LogP) is 1.76. The van der Waals surface area contributed by atoms with Crippen LogP contribution in [-0.4, -0.2) is 37.5 Å². The standard InChI is InChI=1S/C7H11F2O3P.W/c1-4-5(8)6-7(9,11-4)3-10-13(2)12-6;/h4-6H,3H2,1-2H3;/t4-,5-,6-,7+,13+;/m0./s1. The molecule has 2 rings (SSSR count). The van der Waals surface area contributed by atoms with Crippen molar-refractivity contribution in [3.8, 4) is 0 Å². The maximum absolute atomic E-state index is 13.9. The van der Waals surface area contributed by atoms with Crippen LogP contribution < -0.4 is 0 Å². The van der Waals surface area contributed by atoms with E-state index in [1.165, 1.54) is 6.92 Å². The van der Waals surface area contributed by atoms with Crippen LogP contribution in [0.5, 0.6) is 0 Å². The van der Waals surface area contributed by atoms with Gasteiger partial charge >= 0.3 is 91.2 Å². The van der Waals surface area contributed by atoms with Crippen LogP contribution in [0.2, 0.25) is 0 Å². The van der Waals surface area contributed by atoms with Crippen molar-refractivity contribution >= 4 is 5.35 Å². The summed E-state index contributed by atoms with van der Waals surface area (Å²) in [5.41, 5.74) is 0. The molecule has 0 spiro atoms. The van der Waals surface area contributed by atoms with Gasteiger partial charge < -0.3 is 0 Å². The molecule has 2 heterocycles. The average molecular weight is 396 g/mol. The van der Waals surface area contributed by atoms with Crippen molar-refractivity contribution in [3.63, 3.8) is 0 Å². The molecular formula is C7H11F2O3PW. The second-order valence-electron chi connectivity index (χ2n) is 3.62. The van der Waals surface area contributed by atoms with Crippen LogP contribution in [0.15, 0.2) is 0 Å². The Kier molecular flexibility index (Phi) is 2.78. The van der Waals surface area contributed by atoms with Crippen molar-refractivity contribution in [1.82, 2.24) is 0 Å². The normalized spacial score (nSPS) is 58.4. The van der Waals surface area contributed by atoms with E-state index < -0.39 is 29.6 Å². The Morgan fingerprint density at radius 3 is 2.86 bits per heavy atom. The van der Waals surface area contributed by atoms with Crippen molar-refractivity contribution in [2.45, 2.75) is 31.2 Å². The molecule has 0 aliphatic carbocycles. The topological polar surface area (TPSA) is 27.7 Å². The van der Waals surface area contributed by atoms with Gasteiger partial charge in [0.2, 0.25) is 0 Å². The van der Waals surface area contributed by atoms with Crippen LogP contribution >= 0.6 is 5.35 Å². The third-order valence-electron chi connectivity index (χ3n) is 2.35. The van der Waals surface area contributed by atoms with Crippen LogP contribution in [-0.2, 0) is 32.6 Å². The zero-order chi connectivity index (χ0) is 10.6. The average Bonchev–Trinajstić information content (AvgIpc) is 2.27. The summed E-state index contributed by atoms with van der Waals surface area (Å²) < 4.78 is 42.9. The van der Waals surface area contributed by atoms with Crippen LogP contribution in [0.4, 0.5) is 8.78 Å². The van der Waals surface area contributed by atoms with Gasteiger partial charge in [0, 0.05) is 0 Å². The molecule has 0 bridgehead atoms. The van der Waals surface area contributed by atoms with Gasteiger partial charge in [0.1, 0.15) is 0 Å². The monoisotopic (exact) mass is 396 g/mol. The SMILES string of the molecule is C[C@@H]1O[C@]2(F)CO[P@](C)(=[W])O[C@H]2[C@H]1F. The third kappa shape index (κ3) is 1.78. The minimum absolute atomic E-state index is 0.212. The van der Waals surface area contributed by atoms with Gasteiger partial charge in [0.05, 0.1) is 0 Å². The van der Waals surface area contributed by atoms with E-state index in [0.29, 0.717) is 0 Å². The summed E-state index contributed by atoms with van der Waals surface area (Å²) in [4.78, 5) is 0. The van der Waals surface area contributed by atoms with Crippen molar-refractivity contribution < 1.29 is 41.4 Å².